The van der Waals surface area contributed by atoms with Gasteiger partial charge in [-0.2, -0.15) is 0 Å². The van der Waals surface area contributed by atoms with Crippen molar-refractivity contribution >= 4 is 17.7 Å². The van der Waals surface area contributed by atoms with Crippen LogP contribution in [-0.2, 0) is 6.42 Å². The summed E-state index contributed by atoms with van der Waals surface area (Å²) in [5, 5.41) is 16.9. The molecule has 1 aromatic rings. The van der Waals surface area contributed by atoms with Crippen LogP contribution in [0, 0.1) is 5.41 Å². The molecule has 0 atom stereocenters. The SMILES string of the molecule is CCNC(=NCC1(CC)CCC1)NCCCc1nnc(SC)n1C1CCCC1. The van der Waals surface area contributed by atoms with Crippen molar-refractivity contribution in [3.63, 3.8) is 0 Å². The van der Waals surface area contributed by atoms with Crippen molar-refractivity contribution in [3.05, 3.63) is 5.82 Å². The molecule has 0 amide bonds. The fourth-order valence-corrected chi connectivity index (χ4v) is 5.06. The van der Waals surface area contributed by atoms with Crippen LogP contribution in [0.15, 0.2) is 10.1 Å². The first-order valence-electron chi connectivity index (χ1n) is 11.2. The van der Waals surface area contributed by atoms with Crippen LogP contribution >= 0.6 is 11.8 Å². The van der Waals surface area contributed by atoms with E-state index >= 15 is 0 Å². The second-order valence-electron chi connectivity index (χ2n) is 8.34. The molecule has 2 saturated carbocycles. The molecule has 2 aliphatic rings. The van der Waals surface area contributed by atoms with Gasteiger partial charge < -0.3 is 15.2 Å². The van der Waals surface area contributed by atoms with Gasteiger partial charge in [0.25, 0.3) is 0 Å². The van der Waals surface area contributed by atoms with E-state index in [4.69, 9.17) is 4.99 Å². The fraction of sp³-hybridized carbons (Fsp3) is 0.857. The Kier molecular flexibility index (Phi) is 8.06. The predicted molar refractivity (Wildman–Crippen MR) is 118 cm³/mol. The molecule has 158 valence electrons. The monoisotopic (exact) mass is 406 g/mol. The molecule has 3 rings (SSSR count). The molecule has 2 N–H and O–H groups in total. The summed E-state index contributed by atoms with van der Waals surface area (Å²) in [6, 6.07) is 0.604. The quantitative estimate of drug-likeness (QED) is 0.264. The predicted octanol–water partition coefficient (Wildman–Crippen LogP) is 4.18. The Labute approximate surface area is 174 Å². The van der Waals surface area contributed by atoms with Crippen molar-refractivity contribution in [2.45, 2.75) is 89.3 Å². The molecule has 2 fully saturated rings. The lowest BCUT2D eigenvalue weighted by Gasteiger charge is -2.40. The summed E-state index contributed by atoms with van der Waals surface area (Å²) < 4.78 is 2.42. The fourth-order valence-electron chi connectivity index (χ4n) is 4.49. The van der Waals surface area contributed by atoms with E-state index < -0.39 is 0 Å². The Morgan fingerprint density at radius 3 is 2.57 bits per heavy atom. The average molecular weight is 407 g/mol. The van der Waals surface area contributed by atoms with E-state index in [1.807, 2.05) is 0 Å². The van der Waals surface area contributed by atoms with Crippen molar-refractivity contribution in [3.8, 4) is 0 Å². The third-order valence-corrected chi connectivity index (χ3v) is 7.20. The number of hydrogen-bond donors (Lipinski definition) is 2. The van der Waals surface area contributed by atoms with Crippen LogP contribution in [0.2, 0.25) is 0 Å². The van der Waals surface area contributed by atoms with Gasteiger partial charge in [-0.3, -0.25) is 4.99 Å². The molecule has 6 nitrogen and oxygen atoms in total. The van der Waals surface area contributed by atoms with Gasteiger partial charge in [0.1, 0.15) is 5.82 Å². The first-order chi connectivity index (χ1) is 13.7. The van der Waals surface area contributed by atoms with Crippen LogP contribution in [0.1, 0.15) is 83.5 Å². The molecule has 0 unspecified atom stereocenters. The summed E-state index contributed by atoms with van der Waals surface area (Å²) in [5.74, 6) is 2.11. The minimum atomic E-state index is 0.467. The third kappa shape index (κ3) is 5.22. The summed E-state index contributed by atoms with van der Waals surface area (Å²) >= 11 is 1.72. The topological polar surface area (TPSA) is 67.1 Å². The molecule has 1 heterocycles. The highest BCUT2D eigenvalue weighted by Crippen LogP contribution is 2.43. The Bertz CT molecular complexity index is 625. The molecular weight excluding hydrogens is 368 g/mol. The van der Waals surface area contributed by atoms with Crippen LogP contribution in [-0.4, -0.2) is 46.6 Å². The summed E-state index contributed by atoms with van der Waals surface area (Å²) in [5.41, 5.74) is 0.467. The van der Waals surface area contributed by atoms with Gasteiger partial charge in [0.05, 0.1) is 0 Å². The number of nitrogens with one attached hydrogen (secondary N) is 2. The van der Waals surface area contributed by atoms with Gasteiger partial charge >= 0.3 is 0 Å². The molecule has 0 bridgehead atoms. The Morgan fingerprint density at radius 2 is 1.96 bits per heavy atom. The third-order valence-electron chi connectivity index (χ3n) is 6.56. The Balaban J connectivity index is 1.50. The van der Waals surface area contributed by atoms with Crippen molar-refractivity contribution in [1.29, 1.82) is 0 Å². The normalized spacial score (nSPS) is 19.6. The van der Waals surface area contributed by atoms with E-state index in [1.54, 1.807) is 11.8 Å². The number of aromatic nitrogens is 3. The first kappa shape index (κ1) is 21.5. The smallest absolute Gasteiger partial charge is 0.191 e. The number of hydrogen-bond acceptors (Lipinski definition) is 4. The van der Waals surface area contributed by atoms with Crippen LogP contribution in [0.4, 0.5) is 0 Å². The van der Waals surface area contributed by atoms with Crippen LogP contribution in [0.5, 0.6) is 0 Å². The zero-order valence-electron chi connectivity index (χ0n) is 18.0. The van der Waals surface area contributed by atoms with Crippen LogP contribution in [0.25, 0.3) is 0 Å². The lowest BCUT2D eigenvalue weighted by molar-refractivity contribution is 0.139. The number of aryl methyl sites for hydroxylation is 1. The summed E-state index contributed by atoms with van der Waals surface area (Å²) in [6.07, 6.45) is 14.6. The standard InChI is InChI=1S/C21H38N6S/c1-4-21(13-9-14-21)16-24-19(22-5-2)23-15-8-12-18-25-26-20(28-3)27(18)17-10-6-7-11-17/h17H,4-16H2,1-3H3,(H2,22,23,24). The molecule has 0 aliphatic heterocycles. The molecule has 0 spiro atoms. The van der Waals surface area contributed by atoms with E-state index in [1.165, 1.54) is 51.4 Å². The van der Waals surface area contributed by atoms with Crippen LogP contribution in [0.3, 0.4) is 0 Å². The molecule has 7 heteroatoms. The van der Waals surface area contributed by atoms with Crippen molar-refractivity contribution in [2.75, 3.05) is 25.9 Å². The van der Waals surface area contributed by atoms with Gasteiger partial charge in [-0.1, -0.05) is 37.9 Å². The maximum Gasteiger partial charge on any atom is 0.191 e. The van der Waals surface area contributed by atoms with Crippen molar-refractivity contribution < 1.29 is 0 Å². The van der Waals surface area contributed by atoms with Gasteiger partial charge in [-0.05, 0) is 57.1 Å². The highest BCUT2D eigenvalue weighted by atomic mass is 32.2. The maximum atomic E-state index is 4.88. The van der Waals surface area contributed by atoms with Gasteiger partial charge in [0.15, 0.2) is 11.1 Å². The van der Waals surface area contributed by atoms with Crippen molar-refractivity contribution in [1.82, 2.24) is 25.4 Å². The minimum absolute atomic E-state index is 0.467. The average Bonchev–Trinajstić information content (AvgIpc) is 3.33. The lowest BCUT2D eigenvalue weighted by Crippen LogP contribution is -2.40. The molecule has 0 saturated heterocycles. The number of thioether (sulfide) groups is 1. The van der Waals surface area contributed by atoms with Crippen LogP contribution < -0.4 is 10.6 Å². The molecule has 0 radical (unpaired) electrons. The maximum absolute atomic E-state index is 4.88. The summed E-state index contributed by atoms with van der Waals surface area (Å²) in [7, 11) is 0. The molecule has 1 aromatic heterocycles. The highest BCUT2D eigenvalue weighted by molar-refractivity contribution is 7.98. The number of rotatable bonds is 10. The zero-order valence-corrected chi connectivity index (χ0v) is 18.8. The molecule has 0 aromatic carbocycles. The van der Waals surface area contributed by atoms with E-state index in [2.05, 4.69) is 45.5 Å². The minimum Gasteiger partial charge on any atom is -0.357 e. The van der Waals surface area contributed by atoms with Gasteiger partial charge in [0.2, 0.25) is 0 Å². The van der Waals surface area contributed by atoms with Gasteiger partial charge in [-0.15, -0.1) is 10.2 Å². The lowest BCUT2D eigenvalue weighted by atomic mass is 9.67. The van der Waals surface area contributed by atoms with Gasteiger partial charge in [0, 0.05) is 32.1 Å². The summed E-state index contributed by atoms with van der Waals surface area (Å²) in [4.78, 5) is 4.88. The Hall–Kier alpha value is -1.24. The number of aliphatic imine (C=N–C) groups is 1. The molecular formula is C21H38N6S. The molecule has 2 aliphatic carbocycles. The Morgan fingerprint density at radius 1 is 1.18 bits per heavy atom. The molecule has 28 heavy (non-hydrogen) atoms. The van der Waals surface area contributed by atoms with E-state index in [0.717, 1.165) is 49.4 Å². The van der Waals surface area contributed by atoms with E-state index in [9.17, 15) is 0 Å². The van der Waals surface area contributed by atoms with Crippen molar-refractivity contribution in [2.24, 2.45) is 10.4 Å². The second-order valence-corrected chi connectivity index (χ2v) is 9.12. The number of nitrogens with zero attached hydrogens (tertiary/aromatic N) is 4. The highest BCUT2D eigenvalue weighted by Gasteiger charge is 2.34. The zero-order chi connectivity index (χ0) is 19.8. The van der Waals surface area contributed by atoms with E-state index in [-0.39, 0.29) is 0 Å². The number of guanidine groups is 1. The largest absolute Gasteiger partial charge is 0.357 e. The second kappa shape index (κ2) is 10.5. The van der Waals surface area contributed by atoms with Gasteiger partial charge in [-0.25, -0.2) is 0 Å². The first-order valence-corrected chi connectivity index (χ1v) is 12.4. The summed E-state index contributed by atoms with van der Waals surface area (Å²) in [6.45, 7) is 7.20. The van der Waals surface area contributed by atoms with E-state index in [0.29, 0.717) is 11.5 Å².